The Morgan fingerprint density at radius 2 is 1.38 bits per heavy atom. The summed E-state index contributed by atoms with van der Waals surface area (Å²) in [6.45, 7) is 3.11. The van der Waals surface area contributed by atoms with Gasteiger partial charge in [0, 0.05) is 0 Å². The molecule has 0 saturated heterocycles. The summed E-state index contributed by atoms with van der Waals surface area (Å²) in [5, 5.41) is 15.0. The molecule has 0 fully saturated rings. The Morgan fingerprint density at radius 3 is 1.69 bits per heavy atom. The van der Waals surface area contributed by atoms with E-state index < -0.39 is 0 Å². The monoisotopic (exact) mass is 230 g/mol. The molecule has 0 aliphatic carbocycles. The molecule has 0 aliphatic heterocycles. The number of hydrogen-bond donors (Lipinski definition) is 6. The molecule has 0 amide bonds. The first-order valence-corrected chi connectivity index (χ1v) is 5.69. The summed E-state index contributed by atoms with van der Waals surface area (Å²) in [5.74, 6) is -0.625. The Hall–Kier alpha value is -1.30. The zero-order valence-electron chi connectivity index (χ0n) is 10.2. The van der Waals surface area contributed by atoms with Crippen molar-refractivity contribution < 1.29 is 0 Å². The van der Waals surface area contributed by atoms with Crippen molar-refractivity contribution in [3.05, 3.63) is 0 Å². The van der Waals surface area contributed by atoms with Crippen LogP contribution in [0.4, 0.5) is 0 Å². The zero-order valence-corrected chi connectivity index (χ0v) is 10.2. The number of rotatable bonds is 6. The SMILES string of the molecule is CCCCCCCCN.N=C(N)NC(=N)N. The van der Waals surface area contributed by atoms with Crippen molar-refractivity contribution in [1.82, 2.24) is 5.32 Å². The molecule has 0 saturated carbocycles. The molecule has 0 atom stereocenters. The van der Waals surface area contributed by atoms with Gasteiger partial charge in [0.2, 0.25) is 0 Å². The average Bonchev–Trinajstić information content (AvgIpc) is 2.16. The fourth-order valence-corrected chi connectivity index (χ4v) is 1.07. The lowest BCUT2D eigenvalue weighted by Crippen LogP contribution is -2.39. The maximum Gasteiger partial charge on any atom is 0.192 e. The van der Waals surface area contributed by atoms with Gasteiger partial charge in [0.25, 0.3) is 0 Å². The molecule has 0 aromatic carbocycles. The van der Waals surface area contributed by atoms with E-state index >= 15 is 0 Å². The average molecular weight is 230 g/mol. The number of nitrogens with two attached hydrogens (primary N) is 3. The largest absolute Gasteiger partial charge is 0.370 e. The molecule has 16 heavy (non-hydrogen) atoms. The predicted molar refractivity (Wildman–Crippen MR) is 69.4 cm³/mol. The van der Waals surface area contributed by atoms with Crippen LogP contribution in [0.1, 0.15) is 45.4 Å². The molecular weight excluding hydrogens is 204 g/mol. The van der Waals surface area contributed by atoms with Gasteiger partial charge in [-0.1, -0.05) is 39.0 Å². The summed E-state index contributed by atoms with van der Waals surface area (Å²) in [4.78, 5) is 0. The third-order valence-corrected chi connectivity index (χ3v) is 1.83. The van der Waals surface area contributed by atoms with Gasteiger partial charge < -0.3 is 17.2 Å². The highest BCUT2D eigenvalue weighted by molar-refractivity contribution is 5.93. The van der Waals surface area contributed by atoms with Gasteiger partial charge in [-0.05, 0) is 13.0 Å². The van der Waals surface area contributed by atoms with Gasteiger partial charge in [-0.3, -0.25) is 16.1 Å². The lowest BCUT2D eigenvalue weighted by molar-refractivity contribution is 0.612. The first-order chi connectivity index (χ1) is 7.54. The van der Waals surface area contributed by atoms with Crippen LogP contribution in [0.25, 0.3) is 0 Å². The highest BCUT2D eigenvalue weighted by Crippen LogP contribution is 2.03. The number of guanidine groups is 2. The van der Waals surface area contributed by atoms with Gasteiger partial charge in [0.05, 0.1) is 0 Å². The van der Waals surface area contributed by atoms with Gasteiger partial charge in [-0.15, -0.1) is 0 Å². The fraction of sp³-hybridized carbons (Fsp3) is 0.800. The molecule has 0 bridgehead atoms. The van der Waals surface area contributed by atoms with Crippen molar-refractivity contribution in [2.75, 3.05) is 6.54 Å². The smallest absolute Gasteiger partial charge is 0.192 e. The van der Waals surface area contributed by atoms with E-state index in [0.29, 0.717) is 0 Å². The summed E-state index contributed by atoms with van der Waals surface area (Å²) in [6.07, 6.45) is 8.05. The third kappa shape index (κ3) is 23.0. The van der Waals surface area contributed by atoms with Crippen molar-refractivity contribution >= 4 is 11.9 Å². The van der Waals surface area contributed by atoms with Crippen LogP contribution in [0.5, 0.6) is 0 Å². The maximum absolute atomic E-state index is 6.47. The van der Waals surface area contributed by atoms with Crippen LogP contribution in [0.3, 0.4) is 0 Å². The van der Waals surface area contributed by atoms with Gasteiger partial charge in [-0.2, -0.15) is 0 Å². The van der Waals surface area contributed by atoms with E-state index in [0.717, 1.165) is 6.54 Å². The topological polar surface area (TPSA) is 138 Å². The highest BCUT2D eigenvalue weighted by atomic mass is 15.1. The highest BCUT2D eigenvalue weighted by Gasteiger charge is 1.86. The van der Waals surface area contributed by atoms with Crippen molar-refractivity contribution in [3.8, 4) is 0 Å². The summed E-state index contributed by atoms with van der Waals surface area (Å²) >= 11 is 0. The zero-order chi connectivity index (χ0) is 12.8. The number of hydrogen-bond acceptors (Lipinski definition) is 3. The van der Waals surface area contributed by atoms with E-state index in [-0.39, 0.29) is 11.9 Å². The predicted octanol–water partition coefficient (Wildman–Crippen LogP) is 0.669. The van der Waals surface area contributed by atoms with Crippen molar-refractivity contribution in [2.45, 2.75) is 45.4 Å². The van der Waals surface area contributed by atoms with Crippen molar-refractivity contribution in [3.63, 3.8) is 0 Å². The second kappa shape index (κ2) is 13.7. The van der Waals surface area contributed by atoms with Crippen LogP contribution in [-0.2, 0) is 0 Å². The van der Waals surface area contributed by atoms with E-state index in [2.05, 4.69) is 6.92 Å². The van der Waals surface area contributed by atoms with Gasteiger partial charge >= 0.3 is 0 Å². The summed E-state index contributed by atoms with van der Waals surface area (Å²) < 4.78 is 0. The molecule has 0 spiro atoms. The first kappa shape index (κ1) is 17.1. The second-order valence-electron chi connectivity index (χ2n) is 3.51. The Kier molecular flexibility index (Phi) is 14.6. The van der Waals surface area contributed by atoms with Crippen LogP contribution in [0.15, 0.2) is 0 Å². The van der Waals surface area contributed by atoms with E-state index in [1.807, 2.05) is 5.32 Å². The Bertz CT molecular complexity index is 162. The first-order valence-electron chi connectivity index (χ1n) is 5.69. The third-order valence-electron chi connectivity index (χ3n) is 1.83. The van der Waals surface area contributed by atoms with Crippen LogP contribution in [-0.4, -0.2) is 18.5 Å². The van der Waals surface area contributed by atoms with Crippen molar-refractivity contribution in [2.24, 2.45) is 17.2 Å². The van der Waals surface area contributed by atoms with E-state index in [9.17, 15) is 0 Å². The summed E-state index contributed by atoms with van der Waals surface area (Å²) in [7, 11) is 0. The van der Waals surface area contributed by atoms with Crippen molar-refractivity contribution in [1.29, 1.82) is 10.8 Å². The Labute approximate surface area is 98.0 Å². The molecule has 0 radical (unpaired) electrons. The molecule has 6 nitrogen and oxygen atoms in total. The number of nitrogens with one attached hydrogen (secondary N) is 3. The molecule has 96 valence electrons. The number of unbranched alkanes of at least 4 members (excludes halogenated alkanes) is 5. The molecule has 0 heterocycles. The standard InChI is InChI=1S/C8H19N.C2H7N5/c1-2-3-4-5-6-7-8-9;3-1(4)7-2(5)6/h2-9H2,1H3;(H7,3,4,5,6,7). The van der Waals surface area contributed by atoms with Gasteiger partial charge in [0.1, 0.15) is 0 Å². The molecule has 0 aromatic heterocycles. The molecule has 0 aromatic rings. The minimum absolute atomic E-state index is 0.312. The molecule has 0 aliphatic rings. The maximum atomic E-state index is 6.47. The van der Waals surface area contributed by atoms with Gasteiger partial charge in [0.15, 0.2) is 11.9 Å². The minimum atomic E-state index is -0.312. The van der Waals surface area contributed by atoms with Crippen LogP contribution in [0, 0.1) is 10.8 Å². The second-order valence-corrected chi connectivity index (χ2v) is 3.51. The molecular formula is C10H26N6. The van der Waals surface area contributed by atoms with Crippen LogP contribution < -0.4 is 22.5 Å². The van der Waals surface area contributed by atoms with E-state index in [1.165, 1.54) is 38.5 Å². The lowest BCUT2D eigenvalue weighted by Gasteiger charge is -1.96. The molecule has 0 rings (SSSR count). The molecule has 0 unspecified atom stereocenters. The molecule has 6 heteroatoms. The minimum Gasteiger partial charge on any atom is -0.370 e. The van der Waals surface area contributed by atoms with E-state index in [4.69, 9.17) is 28.0 Å². The lowest BCUT2D eigenvalue weighted by atomic mass is 10.1. The Balaban J connectivity index is 0. The quantitative estimate of drug-likeness (QED) is 0.227. The van der Waals surface area contributed by atoms with Crippen LogP contribution >= 0.6 is 0 Å². The fourth-order valence-electron chi connectivity index (χ4n) is 1.07. The van der Waals surface area contributed by atoms with Gasteiger partial charge in [-0.25, -0.2) is 0 Å². The summed E-state index contributed by atoms with van der Waals surface area (Å²) in [5.41, 5.74) is 14.8. The Morgan fingerprint density at radius 1 is 0.938 bits per heavy atom. The molecule has 9 N–H and O–H groups in total. The van der Waals surface area contributed by atoms with E-state index in [1.54, 1.807) is 0 Å². The van der Waals surface area contributed by atoms with Crippen LogP contribution in [0.2, 0.25) is 0 Å². The summed E-state index contributed by atoms with van der Waals surface area (Å²) in [6, 6.07) is 0. The normalized spacial score (nSPS) is 8.88.